The first kappa shape index (κ1) is 20.2. The zero-order chi connectivity index (χ0) is 19.2. The molecule has 27 heavy (non-hydrogen) atoms. The van der Waals surface area contributed by atoms with Gasteiger partial charge in [0.1, 0.15) is 0 Å². The second kappa shape index (κ2) is 9.56. The van der Waals surface area contributed by atoms with E-state index in [0.29, 0.717) is 18.1 Å². The second-order valence-corrected chi connectivity index (χ2v) is 8.34. The molecule has 1 aromatic rings. The molecule has 0 saturated carbocycles. The molecule has 1 fully saturated rings. The highest BCUT2D eigenvalue weighted by Gasteiger charge is 2.23. The lowest BCUT2D eigenvalue weighted by molar-refractivity contribution is 0.167. The van der Waals surface area contributed by atoms with Crippen molar-refractivity contribution in [2.45, 2.75) is 64.7 Å². The molecule has 3 rings (SSSR count). The molecule has 0 aromatic heterocycles. The summed E-state index contributed by atoms with van der Waals surface area (Å²) < 4.78 is 0. The Morgan fingerprint density at radius 1 is 1.07 bits per heavy atom. The lowest BCUT2D eigenvalue weighted by Crippen LogP contribution is -2.52. The predicted octanol–water partition coefficient (Wildman–Crippen LogP) is 2.47. The molecule has 0 radical (unpaired) electrons. The van der Waals surface area contributed by atoms with E-state index in [1.54, 1.807) is 0 Å². The van der Waals surface area contributed by atoms with Crippen LogP contribution in [0.1, 0.15) is 44.7 Å². The van der Waals surface area contributed by atoms with E-state index < -0.39 is 0 Å². The minimum absolute atomic E-state index is 0.486. The standard InChI is InChI=1S/C22H37N5/c1-17(2)26-13-10-21(11-14-26)25-22(23-4)24-15-18(3)27-12-9-19-7-5-6-8-20(19)16-27/h5-8,17-18,21H,9-16H2,1-4H3,(H2,23,24,25). The van der Waals surface area contributed by atoms with Gasteiger partial charge in [0.2, 0.25) is 0 Å². The van der Waals surface area contributed by atoms with Gasteiger partial charge in [-0.15, -0.1) is 0 Å². The number of benzene rings is 1. The third-order valence-corrected chi connectivity index (χ3v) is 6.17. The van der Waals surface area contributed by atoms with Gasteiger partial charge in [0.05, 0.1) is 0 Å². The fourth-order valence-corrected chi connectivity index (χ4v) is 4.22. The van der Waals surface area contributed by atoms with Crippen LogP contribution in [0.3, 0.4) is 0 Å². The van der Waals surface area contributed by atoms with Crippen LogP contribution in [0.2, 0.25) is 0 Å². The zero-order valence-corrected chi connectivity index (χ0v) is 17.5. The molecule has 1 saturated heterocycles. The normalized spacial score (nSPS) is 21.1. The average molecular weight is 372 g/mol. The van der Waals surface area contributed by atoms with Crippen molar-refractivity contribution in [1.29, 1.82) is 0 Å². The van der Waals surface area contributed by atoms with Gasteiger partial charge in [-0.1, -0.05) is 24.3 Å². The average Bonchev–Trinajstić information content (AvgIpc) is 2.70. The summed E-state index contributed by atoms with van der Waals surface area (Å²) in [4.78, 5) is 9.58. The summed E-state index contributed by atoms with van der Waals surface area (Å²) in [5.74, 6) is 0.947. The zero-order valence-electron chi connectivity index (χ0n) is 17.5. The van der Waals surface area contributed by atoms with Gasteiger partial charge >= 0.3 is 0 Å². The summed E-state index contributed by atoms with van der Waals surface area (Å²) in [5.41, 5.74) is 2.99. The third kappa shape index (κ3) is 5.45. The maximum absolute atomic E-state index is 4.45. The maximum atomic E-state index is 4.45. The second-order valence-electron chi connectivity index (χ2n) is 8.34. The summed E-state index contributed by atoms with van der Waals surface area (Å²) in [6, 6.07) is 10.5. The highest BCUT2D eigenvalue weighted by Crippen LogP contribution is 2.20. The van der Waals surface area contributed by atoms with Crippen LogP contribution >= 0.6 is 0 Å². The number of hydrogen-bond acceptors (Lipinski definition) is 3. The largest absolute Gasteiger partial charge is 0.355 e. The Labute approximate surface area is 165 Å². The van der Waals surface area contributed by atoms with E-state index in [2.05, 4.69) is 70.5 Å². The third-order valence-electron chi connectivity index (χ3n) is 6.17. The highest BCUT2D eigenvalue weighted by atomic mass is 15.2. The van der Waals surface area contributed by atoms with Crippen LogP contribution in [0.5, 0.6) is 0 Å². The van der Waals surface area contributed by atoms with Crippen molar-refractivity contribution in [3.8, 4) is 0 Å². The molecule has 5 heteroatoms. The Balaban J connectivity index is 1.43. The molecule has 2 aliphatic heterocycles. The number of nitrogens with one attached hydrogen (secondary N) is 2. The number of rotatable bonds is 5. The van der Waals surface area contributed by atoms with E-state index in [-0.39, 0.29) is 0 Å². The summed E-state index contributed by atoms with van der Waals surface area (Å²) in [7, 11) is 1.88. The number of nitrogens with zero attached hydrogens (tertiary/aromatic N) is 3. The Kier molecular flexibility index (Phi) is 7.13. The quantitative estimate of drug-likeness (QED) is 0.616. The van der Waals surface area contributed by atoms with Gasteiger partial charge in [-0.05, 0) is 51.2 Å². The van der Waals surface area contributed by atoms with Crippen molar-refractivity contribution in [2.24, 2.45) is 4.99 Å². The van der Waals surface area contributed by atoms with Crippen molar-refractivity contribution >= 4 is 5.96 Å². The minimum atomic E-state index is 0.486. The number of likely N-dealkylation sites (tertiary alicyclic amines) is 1. The summed E-state index contributed by atoms with van der Waals surface area (Å²) in [5, 5.41) is 7.19. The molecule has 1 aromatic carbocycles. The molecule has 1 unspecified atom stereocenters. The van der Waals surface area contributed by atoms with Crippen LogP contribution in [0.25, 0.3) is 0 Å². The summed E-state index contributed by atoms with van der Waals surface area (Å²) >= 11 is 0. The van der Waals surface area contributed by atoms with Crippen LogP contribution in [-0.4, -0.2) is 67.1 Å². The Morgan fingerprint density at radius 3 is 2.44 bits per heavy atom. The van der Waals surface area contributed by atoms with Gasteiger partial charge in [-0.25, -0.2) is 0 Å². The SMILES string of the molecule is CN=C(NCC(C)N1CCc2ccccc2C1)NC1CCN(C(C)C)CC1. The molecule has 0 spiro atoms. The molecule has 0 bridgehead atoms. The van der Waals surface area contributed by atoms with Crippen LogP contribution in [0.4, 0.5) is 0 Å². The lowest BCUT2D eigenvalue weighted by Gasteiger charge is -2.36. The van der Waals surface area contributed by atoms with Crippen molar-refractivity contribution in [3.05, 3.63) is 35.4 Å². The number of piperidine rings is 1. The Morgan fingerprint density at radius 2 is 1.78 bits per heavy atom. The predicted molar refractivity (Wildman–Crippen MR) is 114 cm³/mol. The molecule has 150 valence electrons. The Hall–Kier alpha value is -1.59. The fourth-order valence-electron chi connectivity index (χ4n) is 4.22. The Bertz CT molecular complexity index is 619. The van der Waals surface area contributed by atoms with E-state index in [1.165, 1.54) is 37.1 Å². The number of fused-ring (bicyclic) bond motifs is 1. The van der Waals surface area contributed by atoms with Gasteiger partial charge < -0.3 is 15.5 Å². The topological polar surface area (TPSA) is 42.9 Å². The minimum Gasteiger partial charge on any atom is -0.355 e. The monoisotopic (exact) mass is 371 g/mol. The molecule has 2 heterocycles. The van der Waals surface area contributed by atoms with Crippen LogP contribution in [0, 0.1) is 0 Å². The van der Waals surface area contributed by atoms with E-state index in [4.69, 9.17) is 0 Å². The van der Waals surface area contributed by atoms with E-state index in [9.17, 15) is 0 Å². The summed E-state index contributed by atoms with van der Waals surface area (Å²) in [6.07, 6.45) is 3.54. The van der Waals surface area contributed by atoms with E-state index >= 15 is 0 Å². The molecule has 0 aliphatic carbocycles. The fraction of sp³-hybridized carbons (Fsp3) is 0.682. The van der Waals surface area contributed by atoms with Crippen molar-refractivity contribution in [1.82, 2.24) is 20.4 Å². The molecule has 2 aliphatic rings. The lowest BCUT2D eigenvalue weighted by atomic mass is 9.99. The molecule has 1 atom stereocenters. The number of guanidine groups is 1. The van der Waals surface area contributed by atoms with E-state index in [1.807, 2.05) is 7.05 Å². The molecular formula is C22H37N5. The molecular weight excluding hydrogens is 334 g/mol. The van der Waals surface area contributed by atoms with Gasteiger partial charge in [0, 0.05) is 57.9 Å². The molecule has 2 N–H and O–H groups in total. The van der Waals surface area contributed by atoms with Crippen LogP contribution in [0.15, 0.2) is 29.3 Å². The van der Waals surface area contributed by atoms with Crippen LogP contribution in [-0.2, 0) is 13.0 Å². The summed E-state index contributed by atoms with van der Waals surface area (Å²) in [6.45, 7) is 12.4. The molecule has 0 amide bonds. The van der Waals surface area contributed by atoms with Crippen molar-refractivity contribution < 1.29 is 0 Å². The number of aliphatic imine (C=N–C) groups is 1. The van der Waals surface area contributed by atoms with Gasteiger partial charge in [-0.3, -0.25) is 9.89 Å². The van der Waals surface area contributed by atoms with Gasteiger partial charge in [-0.2, -0.15) is 0 Å². The maximum Gasteiger partial charge on any atom is 0.191 e. The first-order chi connectivity index (χ1) is 13.1. The van der Waals surface area contributed by atoms with Crippen LogP contribution < -0.4 is 10.6 Å². The smallest absolute Gasteiger partial charge is 0.191 e. The highest BCUT2D eigenvalue weighted by molar-refractivity contribution is 5.80. The van der Waals surface area contributed by atoms with Crippen molar-refractivity contribution in [2.75, 3.05) is 33.2 Å². The van der Waals surface area contributed by atoms with Crippen molar-refractivity contribution in [3.63, 3.8) is 0 Å². The number of hydrogen-bond donors (Lipinski definition) is 2. The van der Waals surface area contributed by atoms with Gasteiger partial charge in [0.25, 0.3) is 0 Å². The first-order valence-corrected chi connectivity index (χ1v) is 10.6. The molecule has 5 nitrogen and oxygen atoms in total. The van der Waals surface area contributed by atoms with E-state index in [0.717, 1.165) is 32.0 Å². The first-order valence-electron chi connectivity index (χ1n) is 10.6. The van der Waals surface area contributed by atoms with Gasteiger partial charge in [0.15, 0.2) is 5.96 Å².